The fourth-order valence-corrected chi connectivity index (χ4v) is 6.11. The predicted octanol–water partition coefficient (Wildman–Crippen LogP) is 1.79. The van der Waals surface area contributed by atoms with Gasteiger partial charge in [-0.15, -0.1) is 0 Å². The third-order valence-electron chi connectivity index (χ3n) is 7.91. The third-order valence-corrected chi connectivity index (χ3v) is 7.91. The molecule has 0 radical (unpaired) electrons. The number of rotatable bonds is 9. The molecule has 1 atom stereocenters. The van der Waals surface area contributed by atoms with Crippen LogP contribution in [0.4, 0.5) is 10.1 Å². The first-order valence-electron chi connectivity index (χ1n) is 13.6. The number of piperazine rings is 1. The number of amidine groups is 1. The molecule has 1 aromatic rings. The normalized spacial score (nSPS) is 26.7. The van der Waals surface area contributed by atoms with E-state index in [0.717, 1.165) is 12.8 Å². The summed E-state index contributed by atoms with van der Waals surface area (Å²) in [7, 11) is 0. The number of carbonyl (C=O) groups is 2. The first kappa shape index (κ1) is 28.2. The van der Waals surface area contributed by atoms with E-state index >= 15 is 4.39 Å². The number of nitrogens with zero attached hydrogens (tertiary/aromatic N) is 3. The molecule has 38 heavy (non-hydrogen) atoms. The van der Waals surface area contributed by atoms with Crippen molar-refractivity contribution in [2.45, 2.75) is 76.5 Å². The van der Waals surface area contributed by atoms with E-state index in [1.165, 1.54) is 25.1 Å². The van der Waals surface area contributed by atoms with Crippen LogP contribution in [0.1, 0.15) is 52.0 Å². The van der Waals surface area contributed by atoms with Crippen LogP contribution in [-0.4, -0.2) is 77.8 Å². The largest absolute Gasteiger partial charge is 0.353 e. The van der Waals surface area contributed by atoms with Crippen molar-refractivity contribution in [3.8, 4) is 0 Å². The van der Waals surface area contributed by atoms with Gasteiger partial charge in [0.05, 0.1) is 11.2 Å². The van der Waals surface area contributed by atoms with Gasteiger partial charge in [-0.2, -0.15) is 0 Å². The number of amides is 2. The molecule has 0 bridgehead atoms. The standard InChI is InChI=1S/C28H42FN7O2/c1-19(33-23-16-28(17-23)14-21(30)15-28)12-20-4-5-22(13-24(20)29)34-25(6-7-32-18-37)35-8-10-36(11-9-35)26(38)27(2,3)31/h4-7,13,18-19,21,23,33H,8-12,14-17,30-31H2,1-3H3,(H,32,37)/b7-6-,34-25+. The van der Waals surface area contributed by atoms with Gasteiger partial charge in [-0.05, 0) is 82.1 Å². The van der Waals surface area contributed by atoms with Gasteiger partial charge in [0.15, 0.2) is 0 Å². The number of aliphatic imine (C=N–C) groups is 1. The fraction of sp³-hybridized carbons (Fsp3) is 0.607. The predicted molar refractivity (Wildman–Crippen MR) is 147 cm³/mol. The molecule has 9 nitrogen and oxygen atoms in total. The fourth-order valence-electron chi connectivity index (χ4n) is 6.11. The van der Waals surface area contributed by atoms with Crippen molar-refractivity contribution in [3.05, 3.63) is 41.9 Å². The van der Waals surface area contributed by atoms with Gasteiger partial charge in [-0.3, -0.25) is 9.59 Å². The number of nitrogens with two attached hydrogens (primary N) is 2. The molecule has 2 saturated carbocycles. The highest BCUT2D eigenvalue weighted by Crippen LogP contribution is 2.55. The molecule has 1 aliphatic heterocycles. The Morgan fingerprint density at radius 3 is 2.45 bits per heavy atom. The Balaban J connectivity index is 1.37. The molecule has 0 aromatic heterocycles. The summed E-state index contributed by atoms with van der Waals surface area (Å²) in [5.41, 5.74) is 12.6. The second-order valence-electron chi connectivity index (χ2n) is 11.9. The van der Waals surface area contributed by atoms with E-state index in [1.807, 2.05) is 11.0 Å². The molecular weight excluding hydrogens is 485 g/mol. The molecule has 3 fully saturated rings. The molecule has 2 amide bonds. The molecule has 208 valence electrons. The van der Waals surface area contributed by atoms with E-state index in [9.17, 15) is 9.59 Å². The van der Waals surface area contributed by atoms with Crippen molar-refractivity contribution >= 4 is 23.8 Å². The van der Waals surface area contributed by atoms with Crippen LogP contribution in [0.3, 0.4) is 0 Å². The zero-order valence-electron chi connectivity index (χ0n) is 22.8. The summed E-state index contributed by atoms with van der Waals surface area (Å²) in [6.07, 6.45) is 8.95. The summed E-state index contributed by atoms with van der Waals surface area (Å²) < 4.78 is 15.1. The van der Waals surface area contributed by atoms with Crippen molar-refractivity contribution in [1.29, 1.82) is 0 Å². The van der Waals surface area contributed by atoms with Crippen LogP contribution in [0.2, 0.25) is 0 Å². The highest BCUT2D eigenvalue weighted by Gasteiger charge is 2.51. The minimum absolute atomic E-state index is 0.0979. The maximum absolute atomic E-state index is 15.1. The summed E-state index contributed by atoms with van der Waals surface area (Å²) in [5, 5.41) is 6.14. The third kappa shape index (κ3) is 6.78. The van der Waals surface area contributed by atoms with Crippen LogP contribution in [0.25, 0.3) is 0 Å². The number of hydrogen-bond acceptors (Lipinski definition) is 6. The van der Waals surface area contributed by atoms with Gasteiger partial charge in [-0.1, -0.05) is 6.07 Å². The molecule has 4 rings (SSSR count). The lowest BCUT2D eigenvalue weighted by atomic mass is 9.52. The SMILES string of the molecule is CC(Cc1ccc(/N=C(\C=C/NC=O)N2CCN(C(=O)C(C)(C)N)CC2)cc1F)NC1CC2(CC(N)C2)C1. The van der Waals surface area contributed by atoms with Gasteiger partial charge >= 0.3 is 0 Å². The zero-order chi connectivity index (χ0) is 27.5. The number of halogens is 1. The van der Waals surface area contributed by atoms with Gasteiger partial charge in [0, 0.05) is 50.5 Å². The Kier molecular flexibility index (Phi) is 8.54. The van der Waals surface area contributed by atoms with Crippen LogP contribution < -0.4 is 22.1 Å². The van der Waals surface area contributed by atoms with Gasteiger partial charge in [0.2, 0.25) is 12.3 Å². The van der Waals surface area contributed by atoms with Crippen LogP contribution in [-0.2, 0) is 16.0 Å². The van der Waals surface area contributed by atoms with E-state index < -0.39 is 5.54 Å². The van der Waals surface area contributed by atoms with Gasteiger partial charge in [0.25, 0.3) is 0 Å². The molecule has 1 aromatic carbocycles. The highest BCUT2D eigenvalue weighted by molar-refractivity contribution is 5.95. The van der Waals surface area contributed by atoms with E-state index in [4.69, 9.17) is 11.5 Å². The molecule has 1 spiro atoms. The van der Waals surface area contributed by atoms with E-state index in [1.54, 1.807) is 30.9 Å². The average molecular weight is 528 g/mol. The van der Waals surface area contributed by atoms with Crippen LogP contribution >= 0.6 is 0 Å². The summed E-state index contributed by atoms with van der Waals surface area (Å²) in [6.45, 7) is 7.59. The number of carbonyl (C=O) groups excluding carboxylic acids is 2. The van der Waals surface area contributed by atoms with Crippen LogP contribution in [0.15, 0.2) is 35.5 Å². The second-order valence-corrected chi connectivity index (χ2v) is 11.9. The van der Waals surface area contributed by atoms with E-state index in [2.05, 4.69) is 22.5 Å². The lowest BCUT2D eigenvalue weighted by molar-refractivity contribution is -0.137. The van der Waals surface area contributed by atoms with Gasteiger partial charge in [-0.25, -0.2) is 9.38 Å². The number of benzene rings is 1. The Morgan fingerprint density at radius 2 is 1.87 bits per heavy atom. The maximum atomic E-state index is 15.1. The lowest BCUT2D eigenvalue weighted by Crippen LogP contribution is -2.60. The minimum Gasteiger partial charge on any atom is -0.353 e. The molecule has 10 heteroatoms. The minimum atomic E-state index is -0.927. The Bertz CT molecular complexity index is 1060. The van der Waals surface area contributed by atoms with Crippen molar-refractivity contribution in [2.75, 3.05) is 26.2 Å². The lowest BCUT2D eigenvalue weighted by Gasteiger charge is -2.57. The second kappa shape index (κ2) is 11.5. The van der Waals surface area contributed by atoms with Crippen molar-refractivity contribution < 1.29 is 14.0 Å². The zero-order valence-corrected chi connectivity index (χ0v) is 22.8. The molecular formula is C28H42FN7O2. The Hall–Kier alpha value is -2.82. The maximum Gasteiger partial charge on any atom is 0.242 e. The van der Waals surface area contributed by atoms with Crippen LogP contribution in [0.5, 0.6) is 0 Å². The van der Waals surface area contributed by atoms with Crippen molar-refractivity contribution in [2.24, 2.45) is 21.9 Å². The highest BCUT2D eigenvalue weighted by atomic mass is 19.1. The first-order chi connectivity index (χ1) is 18.0. The Morgan fingerprint density at radius 1 is 1.21 bits per heavy atom. The first-order valence-corrected chi connectivity index (χ1v) is 13.6. The molecule has 1 unspecified atom stereocenters. The summed E-state index contributed by atoms with van der Waals surface area (Å²) >= 11 is 0. The van der Waals surface area contributed by atoms with Crippen molar-refractivity contribution in [3.63, 3.8) is 0 Å². The molecule has 2 aliphatic carbocycles. The van der Waals surface area contributed by atoms with E-state index in [0.29, 0.717) is 73.6 Å². The topological polar surface area (TPSA) is 129 Å². The smallest absolute Gasteiger partial charge is 0.242 e. The monoisotopic (exact) mass is 527 g/mol. The van der Waals surface area contributed by atoms with Gasteiger partial charge < -0.3 is 31.9 Å². The van der Waals surface area contributed by atoms with Gasteiger partial charge in [0.1, 0.15) is 11.7 Å². The molecule has 3 aliphatic rings. The van der Waals surface area contributed by atoms with Crippen LogP contribution in [0, 0.1) is 11.2 Å². The Labute approximate surface area is 224 Å². The molecule has 6 N–H and O–H groups in total. The number of hydrogen-bond donors (Lipinski definition) is 4. The summed E-state index contributed by atoms with van der Waals surface area (Å²) in [6, 6.07) is 6.10. The summed E-state index contributed by atoms with van der Waals surface area (Å²) in [4.78, 5) is 31.7. The average Bonchev–Trinajstić information content (AvgIpc) is 2.82. The number of nitrogens with one attached hydrogen (secondary N) is 2. The molecule has 1 saturated heterocycles. The van der Waals surface area contributed by atoms with Crippen molar-refractivity contribution in [1.82, 2.24) is 20.4 Å². The summed E-state index contributed by atoms with van der Waals surface area (Å²) in [5.74, 6) is 0.194. The molecule has 1 heterocycles. The van der Waals surface area contributed by atoms with E-state index in [-0.39, 0.29) is 17.8 Å². The quantitative estimate of drug-likeness (QED) is 0.220.